The van der Waals surface area contributed by atoms with Crippen molar-refractivity contribution in [3.8, 4) is 0 Å². The molecule has 0 radical (unpaired) electrons. The van der Waals surface area contributed by atoms with E-state index in [1.807, 2.05) is 53.4 Å². The summed E-state index contributed by atoms with van der Waals surface area (Å²) in [6.07, 6.45) is -0.0810. The number of nitrogens with zero attached hydrogens (tertiary/aromatic N) is 2. The minimum Gasteiger partial charge on any atom is -0.375 e. The molecule has 1 aliphatic rings. The van der Waals surface area contributed by atoms with E-state index >= 15 is 0 Å². The molecule has 0 aliphatic carbocycles. The van der Waals surface area contributed by atoms with Gasteiger partial charge >= 0.3 is 0 Å². The first-order valence-corrected chi connectivity index (χ1v) is 8.64. The highest BCUT2D eigenvalue weighted by atomic mass is 32.1. The molecule has 1 aromatic heterocycles. The Morgan fingerprint density at radius 3 is 2.92 bits per heavy atom. The van der Waals surface area contributed by atoms with E-state index in [0.717, 1.165) is 15.8 Å². The minimum absolute atomic E-state index is 0.00713. The summed E-state index contributed by atoms with van der Waals surface area (Å²) >= 11 is 1.43. The van der Waals surface area contributed by atoms with E-state index in [1.54, 1.807) is 0 Å². The Hall–Kier alpha value is -2.44. The second-order valence-electron chi connectivity index (χ2n) is 5.76. The summed E-state index contributed by atoms with van der Waals surface area (Å²) in [7, 11) is 0. The van der Waals surface area contributed by atoms with Gasteiger partial charge in [0, 0.05) is 12.1 Å². The predicted molar refractivity (Wildman–Crippen MR) is 95.1 cm³/mol. The normalized spacial score (nSPS) is 18.0. The first-order valence-electron chi connectivity index (χ1n) is 7.82. The summed E-state index contributed by atoms with van der Waals surface area (Å²) in [5, 5.41) is 0.519. The number of nitrogen functional groups attached to an aromatic ring is 1. The van der Waals surface area contributed by atoms with Gasteiger partial charge in [0.25, 0.3) is 5.91 Å². The van der Waals surface area contributed by atoms with Gasteiger partial charge in [0.15, 0.2) is 5.13 Å². The quantitative estimate of drug-likeness (QED) is 0.779. The van der Waals surface area contributed by atoms with E-state index in [4.69, 9.17) is 10.5 Å². The molecule has 0 unspecified atom stereocenters. The predicted octanol–water partition coefficient (Wildman–Crippen LogP) is 3.09. The van der Waals surface area contributed by atoms with Gasteiger partial charge in [-0.1, -0.05) is 41.7 Å². The van der Waals surface area contributed by atoms with Gasteiger partial charge in [-0.05, 0) is 23.8 Å². The van der Waals surface area contributed by atoms with Crippen LogP contribution in [0.4, 0.5) is 5.13 Å². The highest BCUT2D eigenvalue weighted by molar-refractivity contribution is 7.22. The van der Waals surface area contributed by atoms with E-state index in [-0.39, 0.29) is 12.0 Å². The fourth-order valence-corrected chi connectivity index (χ4v) is 3.68. The summed E-state index contributed by atoms with van der Waals surface area (Å²) in [5.74, 6) is 0.00713. The number of nitrogens with two attached hydrogens (primary N) is 1. The van der Waals surface area contributed by atoms with Crippen molar-refractivity contribution in [3.05, 3.63) is 59.7 Å². The smallest absolute Gasteiger partial charge is 0.254 e. The van der Waals surface area contributed by atoms with Crippen LogP contribution in [0.5, 0.6) is 0 Å². The van der Waals surface area contributed by atoms with Crippen LogP contribution in [0.3, 0.4) is 0 Å². The molecule has 2 aromatic carbocycles. The number of fused-ring (bicyclic) bond motifs is 1. The van der Waals surface area contributed by atoms with Gasteiger partial charge in [0.1, 0.15) is 6.10 Å². The van der Waals surface area contributed by atoms with Gasteiger partial charge in [0.2, 0.25) is 0 Å². The van der Waals surface area contributed by atoms with Crippen LogP contribution in [0.1, 0.15) is 22.0 Å². The maximum atomic E-state index is 12.8. The summed E-state index contributed by atoms with van der Waals surface area (Å²) in [5.41, 5.74) is 8.25. The Kier molecular flexibility index (Phi) is 3.92. The average Bonchev–Trinajstić information content (AvgIpc) is 3.01. The monoisotopic (exact) mass is 339 g/mol. The summed E-state index contributed by atoms with van der Waals surface area (Å²) in [4.78, 5) is 19.0. The van der Waals surface area contributed by atoms with Gasteiger partial charge < -0.3 is 15.4 Å². The van der Waals surface area contributed by atoms with E-state index < -0.39 is 0 Å². The van der Waals surface area contributed by atoms with E-state index in [9.17, 15) is 4.79 Å². The molecule has 1 aliphatic heterocycles. The lowest BCUT2D eigenvalue weighted by Gasteiger charge is -2.33. The number of benzene rings is 2. The van der Waals surface area contributed by atoms with Gasteiger partial charge in [0.05, 0.1) is 23.4 Å². The van der Waals surface area contributed by atoms with Crippen LogP contribution in [0, 0.1) is 0 Å². The number of carbonyl (C=O) groups is 1. The van der Waals surface area contributed by atoms with Crippen molar-refractivity contribution in [1.29, 1.82) is 0 Å². The molecule has 0 saturated carbocycles. The van der Waals surface area contributed by atoms with Crippen LogP contribution in [0.15, 0.2) is 48.5 Å². The number of rotatable bonds is 2. The number of morpholine rings is 1. The summed E-state index contributed by atoms with van der Waals surface area (Å²) < 4.78 is 6.83. The van der Waals surface area contributed by atoms with E-state index in [2.05, 4.69) is 4.98 Å². The number of aromatic nitrogens is 1. The molecule has 1 amide bonds. The standard InChI is InChI=1S/C18H17N3O2S/c19-18-20-14-10-13(6-7-16(14)24-18)17(22)21-8-9-23-15(11-21)12-4-2-1-3-5-12/h1-7,10,15H,8-9,11H2,(H2,19,20)/t15-/m0/s1. The molecule has 1 saturated heterocycles. The Bertz CT molecular complexity index is 878. The number of hydrogen-bond donors (Lipinski definition) is 1. The third-order valence-electron chi connectivity index (χ3n) is 4.18. The molecule has 2 N–H and O–H groups in total. The molecule has 0 spiro atoms. The van der Waals surface area contributed by atoms with Crippen LogP contribution in [-0.4, -0.2) is 35.5 Å². The van der Waals surface area contributed by atoms with Crippen LogP contribution >= 0.6 is 11.3 Å². The Morgan fingerprint density at radius 2 is 2.08 bits per heavy atom. The fourth-order valence-electron chi connectivity index (χ4n) is 2.96. The topological polar surface area (TPSA) is 68.5 Å². The molecule has 122 valence electrons. The van der Waals surface area contributed by atoms with Crippen molar-refractivity contribution < 1.29 is 9.53 Å². The lowest BCUT2D eigenvalue weighted by molar-refractivity contribution is -0.0228. The zero-order valence-corrected chi connectivity index (χ0v) is 13.8. The molecular formula is C18H17N3O2S. The maximum absolute atomic E-state index is 12.8. The second kappa shape index (κ2) is 6.22. The van der Waals surface area contributed by atoms with Crippen molar-refractivity contribution in [2.75, 3.05) is 25.4 Å². The average molecular weight is 339 g/mol. The van der Waals surface area contributed by atoms with Crippen molar-refractivity contribution in [1.82, 2.24) is 9.88 Å². The first kappa shape index (κ1) is 15.1. The highest BCUT2D eigenvalue weighted by Crippen LogP contribution is 2.26. The lowest BCUT2D eigenvalue weighted by Crippen LogP contribution is -2.42. The number of anilines is 1. The lowest BCUT2D eigenvalue weighted by atomic mass is 10.1. The molecule has 5 nitrogen and oxygen atoms in total. The zero-order valence-electron chi connectivity index (χ0n) is 13.0. The van der Waals surface area contributed by atoms with Gasteiger partial charge in [-0.25, -0.2) is 4.98 Å². The number of amides is 1. The fraction of sp³-hybridized carbons (Fsp3) is 0.222. The van der Waals surface area contributed by atoms with Crippen molar-refractivity contribution in [3.63, 3.8) is 0 Å². The van der Waals surface area contributed by atoms with Crippen LogP contribution in [0.25, 0.3) is 10.2 Å². The Balaban J connectivity index is 1.56. The maximum Gasteiger partial charge on any atom is 0.254 e. The molecular weight excluding hydrogens is 322 g/mol. The van der Waals surface area contributed by atoms with E-state index in [1.165, 1.54) is 11.3 Å². The van der Waals surface area contributed by atoms with Gasteiger partial charge in [-0.3, -0.25) is 4.79 Å². The van der Waals surface area contributed by atoms with Crippen molar-refractivity contribution in [2.24, 2.45) is 0 Å². The SMILES string of the molecule is Nc1nc2cc(C(=O)N3CCO[C@H](c4ccccc4)C3)ccc2s1. The number of thiazole rings is 1. The molecule has 4 rings (SSSR count). The highest BCUT2D eigenvalue weighted by Gasteiger charge is 2.26. The van der Waals surface area contributed by atoms with Crippen LogP contribution < -0.4 is 5.73 Å². The van der Waals surface area contributed by atoms with Gasteiger partial charge in [-0.2, -0.15) is 0 Å². The van der Waals surface area contributed by atoms with Gasteiger partial charge in [-0.15, -0.1) is 0 Å². The Labute approximate surface area is 143 Å². The van der Waals surface area contributed by atoms with Crippen molar-refractivity contribution >= 4 is 32.6 Å². The van der Waals surface area contributed by atoms with Crippen molar-refractivity contribution in [2.45, 2.75) is 6.10 Å². The molecule has 1 atom stereocenters. The van der Waals surface area contributed by atoms with E-state index in [0.29, 0.717) is 30.4 Å². The second-order valence-corrected chi connectivity index (χ2v) is 6.82. The van der Waals surface area contributed by atoms with Crippen LogP contribution in [-0.2, 0) is 4.74 Å². The number of carbonyl (C=O) groups excluding carboxylic acids is 1. The summed E-state index contributed by atoms with van der Waals surface area (Å²) in [6, 6.07) is 15.6. The van der Waals surface area contributed by atoms with Crippen LogP contribution in [0.2, 0.25) is 0 Å². The zero-order chi connectivity index (χ0) is 16.5. The molecule has 1 fully saturated rings. The first-order chi connectivity index (χ1) is 11.7. The third kappa shape index (κ3) is 2.86. The molecule has 0 bridgehead atoms. The number of hydrogen-bond acceptors (Lipinski definition) is 5. The third-order valence-corrected chi connectivity index (χ3v) is 5.04. The molecule has 2 heterocycles. The molecule has 24 heavy (non-hydrogen) atoms. The minimum atomic E-state index is -0.0810. The molecule has 6 heteroatoms. The Morgan fingerprint density at radius 1 is 1.25 bits per heavy atom. The number of ether oxygens (including phenoxy) is 1. The largest absolute Gasteiger partial charge is 0.375 e. The summed E-state index contributed by atoms with van der Waals surface area (Å²) in [6.45, 7) is 1.69. The molecule has 3 aromatic rings.